The number of carbonyl (C=O) groups is 2. The molecule has 8 heteroatoms. The Morgan fingerprint density at radius 1 is 1.08 bits per heavy atom. The second-order valence-electron chi connectivity index (χ2n) is 11.3. The van der Waals surface area contributed by atoms with Crippen LogP contribution in [0.4, 0.5) is 0 Å². The molecule has 3 heterocycles. The number of hydrogen-bond donors (Lipinski definition) is 2. The van der Waals surface area contributed by atoms with Gasteiger partial charge < -0.3 is 10.2 Å². The largest absolute Gasteiger partial charge is 0.342 e. The molecule has 2 aliphatic rings. The van der Waals surface area contributed by atoms with E-state index in [0.29, 0.717) is 49.8 Å². The predicted molar refractivity (Wildman–Crippen MR) is 152 cm³/mol. The fourth-order valence-electron chi connectivity index (χ4n) is 6.29. The first-order valence-electron chi connectivity index (χ1n) is 14.4. The highest BCUT2D eigenvalue weighted by molar-refractivity contribution is 6.30. The van der Waals surface area contributed by atoms with Gasteiger partial charge in [-0.1, -0.05) is 64.8 Å². The van der Waals surface area contributed by atoms with Gasteiger partial charge in [0.2, 0.25) is 11.8 Å². The van der Waals surface area contributed by atoms with Crippen molar-refractivity contribution < 1.29 is 9.59 Å². The van der Waals surface area contributed by atoms with Crippen LogP contribution in [-0.2, 0) is 22.4 Å². The zero-order chi connectivity index (χ0) is 27.4. The normalized spacial score (nSPS) is 20.8. The molecule has 1 aromatic heterocycles. The number of H-pyrrole nitrogens is 1. The lowest BCUT2D eigenvalue weighted by Crippen LogP contribution is -2.73. The zero-order valence-electron chi connectivity index (χ0n) is 23.6. The predicted octanol–water partition coefficient (Wildman–Crippen LogP) is 5.29. The molecule has 208 valence electrons. The van der Waals surface area contributed by atoms with Crippen LogP contribution < -0.4 is 5.32 Å². The summed E-state index contributed by atoms with van der Waals surface area (Å²) in [5.74, 6) is 0.447. The van der Waals surface area contributed by atoms with E-state index in [-0.39, 0.29) is 17.9 Å². The number of nitrogens with zero attached hydrogens (tertiary/aromatic N) is 3. The summed E-state index contributed by atoms with van der Waals surface area (Å²) in [5, 5.41) is 11.8. The van der Waals surface area contributed by atoms with E-state index in [1.807, 2.05) is 17.0 Å². The molecule has 2 saturated heterocycles. The maximum Gasteiger partial charge on any atom is 0.246 e. The van der Waals surface area contributed by atoms with Crippen molar-refractivity contribution in [3.8, 4) is 0 Å². The van der Waals surface area contributed by atoms with E-state index in [2.05, 4.69) is 67.2 Å². The van der Waals surface area contributed by atoms with Crippen LogP contribution in [0, 0.1) is 5.92 Å². The summed E-state index contributed by atoms with van der Waals surface area (Å²) in [6.07, 6.45) is 5.51. The van der Waals surface area contributed by atoms with Gasteiger partial charge in [0.05, 0.1) is 11.7 Å². The van der Waals surface area contributed by atoms with E-state index in [1.165, 1.54) is 11.1 Å². The molecule has 2 atom stereocenters. The molecular formula is C30H44ClN5O2. The number of aromatic nitrogens is 2. The number of nitrogens with one attached hydrogen (secondary N) is 2. The summed E-state index contributed by atoms with van der Waals surface area (Å²) in [6, 6.07) is 7.68. The molecule has 2 aliphatic heterocycles. The van der Waals surface area contributed by atoms with Crippen molar-refractivity contribution in [1.29, 1.82) is 0 Å². The number of hydrogen-bond acceptors (Lipinski definition) is 4. The number of aryl methyl sites for hydroxylation is 2. The standard InChI is InChI=1S/C30H44ClN5O2/c1-6-9-16-36-28(37)25(19-20(4)5)32-29(38)30(36)14-17-35(18-15-30)27(21-10-12-22(31)13-11-21)26-23(7-2)33-34-24(26)8-3/h10-13,20,25,27H,6-9,14-19H2,1-5H3,(H,32,38)(H,33,34). The first kappa shape index (κ1) is 28.6. The van der Waals surface area contributed by atoms with Gasteiger partial charge in [-0.05, 0) is 62.1 Å². The Morgan fingerprint density at radius 3 is 2.34 bits per heavy atom. The van der Waals surface area contributed by atoms with Gasteiger partial charge in [0, 0.05) is 35.9 Å². The molecule has 0 radical (unpaired) electrons. The first-order valence-corrected chi connectivity index (χ1v) is 14.8. The lowest BCUT2D eigenvalue weighted by molar-refractivity contribution is -0.162. The molecule has 2 fully saturated rings. The first-order chi connectivity index (χ1) is 18.2. The Kier molecular flexibility index (Phi) is 9.19. The van der Waals surface area contributed by atoms with E-state index in [1.54, 1.807) is 0 Å². The Balaban J connectivity index is 1.66. The highest BCUT2D eigenvalue weighted by Gasteiger charge is 2.54. The summed E-state index contributed by atoms with van der Waals surface area (Å²) < 4.78 is 0. The van der Waals surface area contributed by atoms with Crippen molar-refractivity contribution in [1.82, 2.24) is 25.3 Å². The number of carbonyl (C=O) groups excluding carboxylic acids is 2. The number of benzene rings is 1. The molecule has 2 N–H and O–H groups in total. The van der Waals surface area contributed by atoms with E-state index >= 15 is 0 Å². The molecule has 2 unspecified atom stereocenters. The second-order valence-corrected chi connectivity index (χ2v) is 11.7. The quantitative estimate of drug-likeness (QED) is 0.428. The number of likely N-dealkylation sites (tertiary alicyclic amines) is 1. The third-order valence-electron chi connectivity index (χ3n) is 8.35. The summed E-state index contributed by atoms with van der Waals surface area (Å²) >= 11 is 6.26. The molecule has 38 heavy (non-hydrogen) atoms. The smallest absolute Gasteiger partial charge is 0.246 e. The molecule has 0 bridgehead atoms. The van der Waals surface area contributed by atoms with Crippen molar-refractivity contribution in [2.75, 3.05) is 19.6 Å². The van der Waals surface area contributed by atoms with Crippen molar-refractivity contribution in [2.45, 2.75) is 97.2 Å². The molecule has 1 aromatic carbocycles. The van der Waals surface area contributed by atoms with Crippen LogP contribution in [0.1, 0.15) is 95.3 Å². The van der Waals surface area contributed by atoms with E-state index in [4.69, 9.17) is 11.6 Å². The Hall–Kier alpha value is -2.38. The van der Waals surface area contributed by atoms with Crippen LogP contribution in [0.5, 0.6) is 0 Å². The number of unbranched alkanes of at least 4 members (excludes halogenated alkanes) is 1. The molecule has 2 aromatic rings. The number of amides is 2. The second kappa shape index (κ2) is 12.2. The molecule has 7 nitrogen and oxygen atoms in total. The molecule has 2 amide bonds. The lowest BCUT2D eigenvalue weighted by Gasteiger charge is -2.53. The van der Waals surface area contributed by atoms with Crippen LogP contribution in [0.25, 0.3) is 0 Å². The third-order valence-corrected chi connectivity index (χ3v) is 8.60. The summed E-state index contributed by atoms with van der Waals surface area (Å²) in [6.45, 7) is 12.7. The molecule has 1 spiro atoms. The summed E-state index contributed by atoms with van der Waals surface area (Å²) in [7, 11) is 0. The summed E-state index contributed by atoms with van der Waals surface area (Å²) in [5.41, 5.74) is 3.85. The van der Waals surface area contributed by atoms with Gasteiger partial charge in [-0.25, -0.2) is 0 Å². The van der Waals surface area contributed by atoms with Gasteiger partial charge in [-0.3, -0.25) is 19.6 Å². The van der Waals surface area contributed by atoms with Crippen LogP contribution in [0.3, 0.4) is 0 Å². The van der Waals surface area contributed by atoms with Gasteiger partial charge >= 0.3 is 0 Å². The van der Waals surface area contributed by atoms with Crippen molar-refractivity contribution in [2.24, 2.45) is 5.92 Å². The average molecular weight is 542 g/mol. The molecule has 4 rings (SSSR count). The Bertz CT molecular complexity index is 1080. The van der Waals surface area contributed by atoms with Crippen LogP contribution in [0.2, 0.25) is 5.02 Å². The monoisotopic (exact) mass is 541 g/mol. The maximum absolute atomic E-state index is 13.7. The maximum atomic E-state index is 13.7. The number of piperidine rings is 1. The van der Waals surface area contributed by atoms with Gasteiger partial charge in [-0.2, -0.15) is 5.10 Å². The minimum Gasteiger partial charge on any atom is -0.342 e. The Morgan fingerprint density at radius 2 is 1.76 bits per heavy atom. The van der Waals surface area contributed by atoms with E-state index < -0.39 is 11.6 Å². The Labute approximate surface area is 232 Å². The third kappa shape index (κ3) is 5.50. The van der Waals surface area contributed by atoms with Gasteiger partial charge in [0.1, 0.15) is 11.6 Å². The SMILES string of the molecule is CCCCN1C(=O)C(CC(C)C)NC(=O)C12CCN(C(c1ccc(Cl)cc1)c1c(CC)n[nH]c1CC)CC2. The van der Waals surface area contributed by atoms with Crippen molar-refractivity contribution in [3.63, 3.8) is 0 Å². The molecular weight excluding hydrogens is 498 g/mol. The van der Waals surface area contributed by atoms with E-state index in [0.717, 1.165) is 37.1 Å². The summed E-state index contributed by atoms with van der Waals surface area (Å²) in [4.78, 5) is 31.8. The fourth-order valence-corrected chi connectivity index (χ4v) is 6.42. The minimum atomic E-state index is -0.779. The van der Waals surface area contributed by atoms with Crippen LogP contribution >= 0.6 is 11.6 Å². The number of piperazine rings is 1. The van der Waals surface area contributed by atoms with Gasteiger partial charge in [-0.15, -0.1) is 0 Å². The number of halogens is 1. The average Bonchev–Trinajstić information content (AvgIpc) is 3.32. The van der Waals surface area contributed by atoms with Crippen LogP contribution in [-0.4, -0.2) is 63.0 Å². The minimum absolute atomic E-state index is 0.00778. The van der Waals surface area contributed by atoms with Crippen LogP contribution in [0.15, 0.2) is 24.3 Å². The number of rotatable bonds is 10. The van der Waals surface area contributed by atoms with Gasteiger partial charge in [0.25, 0.3) is 0 Å². The van der Waals surface area contributed by atoms with E-state index in [9.17, 15) is 9.59 Å². The zero-order valence-corrected chi connectivity index (χ0v) is 24.4. The fraction of sp³-hybridized carbons (Fsp3) is 0.633. The number of aromatic amines is 1. The van der Waals surface area contributed by atoms with Crippen molar-refractivity contribution >= 4 is 23.4 Å². The lowest BCUT2D eigenvalue weighted by atomic mass is 9.79. The van der Waals surface area contributed by atoms with Gasteiger partial charge in [0.15, 0.2) is 0 Å². The van der Waals surface area contributed by atoms with Crippen molar-refractivity contribution in [3.05, 3.63) is 51.8 Å². The highest BCUT2D eigenvalue weighted by Crippen LogP contribution is 2.40. The topological polar surface area (TPSA) is 81.3 Å². The molecule has 0 saturated carbocycles. The highest BCUT2D eigenvalue weighted by atomic mass is 35.5. The molecule has 0 aliphatic carbocycles.